The molecule has 1 atom stereocenters. The molecule has 2 amide bonds. The smallest absolute Gasteiger partial charge is 0.264 e. The van der Waals surface area contributed by atoms with Gasteiger partial charge in [-0.1, -0.05) is 30.3 Å². The van der Waals surface area contributed by atoms with Gasteiger partial charge in [-0.3, -0.25) is 9.59 Å². The largest absolute Gasteiger partial charge is 0.326 e. The van der Waals surface area contributed by atoms with Crippen LogP contribution in [0.4, 0.5) is 5.69 Å². The van der Waals surface area contributed by atoms with Crippen LogP contribution in [0.1, 0.15) is 48.1 Å². The van der Waals surface area contributed by atoms with Crippen molar-refractivity contribution >= 4 is 39.3 Å². The van der Waals surface area contributed by atoms with E-state index in [0.717, 1.165) is 37.4 Å². The minimum absolute atomic E-state index is 0.0751. The summed E-state index contributed by atoms with van der Waals surface area (Å²) in [5.41, 5.74) is 4.40. The van der Waals surface area contributed by atoms with Gasteiger partial charge in [-0.05, 0) is 66.6 Å². The second kappa shape index (κ2) is 11.6. The van der Waals surface area contributed by atoms with E-state index >= 15 is 0 Å². The van der Waals surface area contributed by atoms with Crippen molar-refractivity contribution in [2.24, 2.45) is 0 Å². The summed E-state index contributed by atoms with van der Waals surface area (Å²) in [6.45, 7) is 1.12. The number of amides is 2. The van der Waals surface area contributed by atoms with Crippen LogP contribution >= 0.6 is 11.8 Å². The normalized spacial score (nSPS) is 14.8. The van der Waals surface area contributed by atoms with E-state index in [-0.39, 0.29) is 17.2 Å². The van der Waals surface area contributed by atoms with Crippen LogP contribution in [0.15, 0.2) is 70.6 Å². The van der Waals surface area contributed by atoms with Crippen molar-refractivity contribution in [3.8, 4) is 6.07 Å². The highest BCUT2D eigenvalue weighted by Crippen LogP contribution is 2.34. The van der Waals surface area contributed by atoms with Gasteiger partial charge in [-0.25, -0.2) is 18.1 Å². The molecule has 0 aliphatic heterocycles. The Morgan fingerprint density at radius 1 is 1.14 bits per heavy atom. The highest BCUT2D eigenvalue weighted by Gasteiger charge is 2.23. The van der Waals surface area contributed by atoms with E-state index in [9.17, 15) is 23.3 Å². The Morgan fingerprint density at radius 2 is 1.86 bits per heavy atom. The van der Waals surface area contributed by atoms with Crippen LogP contribution in [-0.2, 0) is 32.5 Å². The Kier molecular flexibility index (Phi) is 8.26. The van der Waals surface area contributed by atoms with Gasteiger partial charge in [0.15, 0.2) is 0 Å². The highest BCUT2D eigenvalue weighted by molar-refractivity contribution is 7.99. The number of nitrogens with one attached hydrogen (secondary N) is 2. The van der Waals surface area contributed by atoms with E-state index in [2.05, 4.69) is 23.5 Å². The molecule has 0 spiro atoms. The number of hydrogen-bond donors (Lipinski definition) is 2. The Hall–Kier alpha value is -3.68. The first-order valence-corrected chi connectivity index (χ1v) is 14.3. The third kappa shape index (κ3) is 6.76. The van der Waals surface area contributed by atoms with Gasteiger partial charge in [0.05, 0.1) is 10.5 Å². The molecule has 190 valence electrons. The Labute approximate surface area is 220 Å². The number of pyridine rings is 1. The number of hydrogen-bond acceptors (Lipinski definition) is 7. The molecule has 2 N–H and O–H groups in total. The summed E-state index contributed by atoms with van der Waals surface area (Å²) in [7, 11) is -3.93. The number of thioether (sulfide) groups is 1. The third-order valence-electron chi connectivity index (χ3n) is 6.04. The maximum Gasteiger partial charge on any atom is 0.264 e. The second-order valence-corrected chi connectivity index (χ2v) is 11.5. The molecule has 8 nitrogen and oxygen atoms in total. The fourth-order valence-electron chi connectivity index (χ4n) is 4.27. The summed E-state index contributed by atoms with van der Waals surface area (Å²) in [5, 5.41) is 13.1. The van der Waals surface area contributed by atoms with E-state index in [1.54, 1.807) is 0 Å². The predicted molar refractivity (Wildman–Crippen MR) is 142 cm³/mol. The molecule has 37 heavy (non-hydrogen) atoms. The lowest BCUT2D eigenvalue weighted by molar-refractivity contribution is -0.117. The zero-order chi connectivity index (χ0) is 26.4. The van der Waals surface area contributed by atoms with Gasteiger partial charge >= 0.3 is 0 Å². The van der Waals surface area contributed by atoms with Crippen molar-refractivity contribution in [2.45, 2.75) is 48.4 Å². The van der Waals surface area contributed by atoms with E-state index in [1.165, 1.54) is 41.6 Å². The topological polar surface area (TPSA) is 129 Å². The maximum atomic E-state index is 12.4. The number of sulfonamides is 1. The van der Waals surface area contributed by atoms with E-state index in [1.807, 2.05) is 29.0 Å². The SMILES string of the molecule is CC(=O)NS(=O)(=O)c1ccc(NC(=O)CCSc2nc3c(cc2C#N)CC(c2ccccc2)CC3)cc1. The molecule has 1 aliphatic carbocycles. The first-order valence-electron chi connectivity index (χ1n) is 11.8. The van der Waals surface area contributed by atoms with Crippen LogP contribution in [0, 0.1) is 11.3 Å². The van der Waals surface area contributed by atoms with Crippen molar-refractivity contribution in [1.29, 1.82) is 5.26 Å². The molecule has 3 aromatic rings. The van der Waals surface area contributed by atoms with Gasteiger partial charge in [0.2, 0.25) is 11.8 Å². The highest BCUT2D eigenvalue weighted by atomic mass is 32.2. The Bertz CT molecular complexity index is 1450. The molecule has 0 bridgehead atoms. The van der Waals surface area contributed by atoms with Gasteiger partial charge < -0.3 is 5.32 Å². The number of nitrogens with zero attached hydrogens (tertiary/aromatic N) is 2. The van der Waals surface area contributed by atoms with E-state index < -0.39 is 15.9 Å². The molecule has 4 rings (SSSR count). The van der Waals surface area contributed by atoms with Crippen LogP contribution in [0.25, 0.3) is 0 Å². The van der Waals surface area contributed by atoms with Crippen LogP contribution in [0.2, 0.25) is 0 Å². The molecule has 0 radical (unpaired) electrons. The van der Waals surface area contributed by atoms with Crippen molar-refractivity contribution in [2.75, 3.05) is 11.1 Å². The number of carbonyl (C=O) groups excluding carboxylic acids is 2. The second-order valence-electron chi connectivity index (χ2n) is 8.74. The van der Waals surface area contributed by atoms with Gasteiger partial charge in [0, 0.05) is 30.5 Å². The summed E-state index contributed by atoms with van der Waals surface area (Å²) in [6, 6.07) is 20.1. The lowest BCUT2D eigenvalue weighted by Crippen LogP contribution is -2.28. The summed E-state index contributed by atoms with van der Waals surface area (Å²) < 4.78 is 25.9. The first kappa shape index (κ1) is 26.4. The average molecular weight is 535 g/mol. The zero-order valence-corrected chi connectivity index (χ0v) is 21.9. The van der Waals surface area contributed by atoms with Gasteiger partial charge in [-0.15, -0.1) is 11.8 Å². The molecule has 1 aliphatic rings. The number of rotatable bonds is 8. The Morgan fingerprint density at radius 3 is 2.54 bits per heavy atom. The number of anilines is 1. The van der Waals surface area contributed by atoms with Crippen LogP contribution in [0.3, 0.4) is 0 Å². The molecule has 10 heteroatoms. The van der Waals surface area contributed by atoms with Crippen molar-refractivity contribution in [3.05, 3.63) is 83.0 Å². The monoisotopic (exact) mass is 534 g/mol. The van der Waals surface area contributed by atoms with Crippen LogP contribution in [-0.4, -0.2) is 31.0 Å². The molecule has 1 aromatic heterocycles. The average Bonchev–Trinajstić information content (AvgIpc) is 2.88. The van der Waals surface area contributed by atoms with E-state index in [0.29, 0.717) is 27.9 Å². The molecular weight excluding hydrogens is 508 g/mol. The minimum atomic E-state index is -3.93. The number of fused-ring (bicyclic) bond motifs is 1. The predicted octanol–water partition coefficient (Wildman–Crippen LogP) is 4.17. The molecule has 0 saturated heterocycles. The van der Waals surface area contributed by atoms with Gasteiger partial charge in [0.25, 0.3) is 10.0 Å². The molecule has 1 heterocycles. The fraction of sp³-hybridized carbons (Fsp3) is 0.259. The molecule has 1 unspecified atom stereocenters. The summed E-state index contributed by atoms with van der Waals surface area (Å²) >= 11 is 1.38. The lowest BCUT2D eigenvalue weighted by atomic mass is 9.82. The van der Waals surface area contributed by atoms with Crippen LogP contribution < -0.4 is 10.0 Å². The van der Waals surface area contributed by atoms with E-state index in [4.69, 9.17) is 4.98 Å². The third-order valence-corrected chi connectivity index (χ3v) is 8.48. The maximum absolute atomic E-state index is 12.4. The number of carbonyl (C=O) groups is 2. The number of aromatic nitrogens is 1. The molecule has 2 aromatic carbocycles. The van der Waals surface area contributed by atoms with Gasteiger partial charge in [0.1, 0.15) is 11.1 Å². The summed E-state index contributed by atoms with van der Waals surface area (Å²) in [6.07, 6.45) is 2.91. The molecule has 0 saturated carbocycles. The minimum Gasteiger partial charge on any atom is -0.326 e. The number of aryl methyl sites for hydroxylation is 1. The number of benzene rings is 2. The molecule has 0 fully saturated rings. The van der Waals surface area contributed by atoms with Crippen molar-refractivity contribution in [1.82, 2.24) is 9.71 Å². The Balaban J connectivity index is 1.33. The van der Waals surface area contributed by atoms with Gasteiger partial charge in [-0.2, -0.15) is 5.26 Å². The summed E-state index contributed by atoms with van der Waals surface area (Å²) in [4.78, 5) is 28.1. The first-order chi connectivity index (χ1) is 17.7. The van der Waals surface area contributed by atoms with Crippen molar-refractivity contribution in [3.63, 3.8) is 0 Å². The summed E-state index contributed by atoms with van der Waals surface area (Å²) in [5.74, 6) is -0.0660. The standard InChI is InChI=1S/C27H26N4O4S2/c1-18(32)31-37(34,35)24-10-8-23(9-11-24)29-26(33)13-14-36-27-22(17-28)16-21-15-20(7-12-25(21)30-27)19-5-3-2-4-6-19/h2-6,8-11,16,20H,7,12-15H2,1H3,(H,29,33)(H,31,32). The number of nitriles is 1. The quantitative estimate of drug-likeness (QED) is 0.415. The fourth-order valence-corrected chi connectivity index (χ4v) is 6.18. The lowest BCUT2D eigenvalue weighted by Gasteiger charge is -2.25. The molecular formula is C27H26N4O4S2. The van der Waals surface area contributed by atoms with Crippen LogP contribution in [0.5, 0.6) is 0 Å². The zero-order valence-electron chi connectivity index (χ0n) is 20.2. The van der Waals surface area contributed by atoms with Crippen molar-refractivity contribution < 1.29 is 18.0 Å².